The molecule has 1 saturated heterocycles. The van der Waals surface area contributed by atoms with Gasteiger partial charge in [-0.2, -0.15) is 0 Å². The van der Waals surface area contributed by atoms with Crippen LogP contribution in [0, 0.1) is 5.82 Å². The van der Waals surface area contributed by atoms with Crippen molar-refractivity contribution in [3.63, 3.8) is 0 Å². The molecule has 7 nitrogen and oxygen atoms in total. The third kappa shape index (κ3) is 3.96. The molecule has 0 N–H and O–H groups in total. The van der Waals surface area contributed by atoms with Gasteiger partial charge in [0.05, 0.1) is 23.3 Å². The van der Waals surface area contributed by atoms with Gasteiger partial charge in [0.25, 0.3) is 0 Å². The molecule has 0 radical (unpaired) electrons. The lowest BCUT2D eigenvalue weighted by atomic mass is 10.2. The molecule has 29 heavy (non-hydrogen) atoms. The highest BCUT2D eigenvalue weighted by Gasteiger charge is 2.21. The van der Waals surface area contributed by atoms with E-state index < -0.39 is 0 Å². The maximum absolute atomic E-state index is 13.1. The van der Waals surface area contributed by atoms with E-state index in [4.69, 9.17) is 4.98 Å². The van der Waals surface area contributed by atoms with Crippen LogP contribution in [0.25, 0.3) is 10.2 Å². The zero-order valence-corrected chi connectivity index (χ0v) is 16.6. The smallest absolute Gasteiger partial charge is 0.186 e. The van der Waals surface area contributed by atoms with Gasteiger partial charge in [-0.1, -0.05) is 35.6 Å². The van der Waals surface area contributed by atoms with Gasteiger partial charge in [0.15, 0.2) is 11.0 Å². The largest absolute Gasteiger partial charge is 0.345 e. The number of piperazine rings is 1. The van der Waals surface area contributed by atoms with Crippen molar-refractivity contribution in [2.75, 3.05) is 31.1 Å². The second-order valence-corrected chi connectivity index (χ2v) is 8.12. The summed E-state index contributed by atoms with van der Waals surface area (Å²) < 4.78 is 16.1. The number of rotatable bonds is 5. The summed E-state index contributed by atoms with van der Waals surface area (Å²) >= 11 is 1.75. The van der Waals surface area contributed by atoms with Crippen LogP contribution >= 0.6 is 11.3 Å². The predicted molar refractivity (Wildman–Crippen MR) is 110 cm³/mol. The molecule has 0 amide bonds. The fourth-order valence-corrected chi connectivity index (χ4v) is 4.53. The maximum atomic E-state index is 13.1. The van der Waals surface area contributed by atoms with Crippen molar-refractivity contribution in [1.82, 2.24) is 30.1 Å². The number of tetrazole rings is 1. The van der Waals surface area contributed by atoms with Gasteiger partial charge in [0, 0.05) is 26.2 Å². The molecule has 0 bridgehead atoms. The van der Waals surface area contributed by atoms with Gasteiger partial charge < -0.3 is 4.90 Å². The minimum absolute atomic E-state index is 0.239. The number of aromatic nitrogens is 5. The molecule has 0 spiro atoms. The van der Waals surface area contributed by atoms with Crippen LogP contribution < -0.4 is 4.90 Å². The van der Waals surface area contributed by atoms with E-state index >= 15 is 0 Å². The summed E-state index contributed by atoms with van der Waals surface area (Å²) in [6.45, 7) is 4.95. The highest BCUT2D eigenvalue weighted by molar-refractivity contribution is 7.22. The summed E-state index contributed by atoms with van der Waals surface area (Å²) in [7, 11) is 0. The standard InChI is InChI=1S/C20H20FN7S/c21-16-7-5-15(6-8-16)13-28-19(23-24-25-28)14-26-9-11-27(12-10-26)20-22-17-3-1-2-4-18(17)29-20/h1-8H,9-14H2. The van der Waals surface area contributed by atoms with Crippen molar-refractivity contribution in [2.45, 2.75) is 13.1 Å². The first-order valence-electron chi connectivity index (χ1n) is 9.57. The molecular formula is C20H20FN7S. The minimum Gasteiger partial charge on any atom is -0.345 e. The quantitative estimate of drug-likeness (QED) is 0.505. The van der Waals surface area contributed by atoms with Gasteiger partial charge in [-0.05, 0) is 40.3 Å². The summed E-state index contributed by atoms with van der Waals surface area (Å²) in [4.78, 5) is 9.47. The lowest BCUT2D eigenvalue weighted by molar-refractivity contribution is 0.240. The number of halogens is 1. The SMILES string of the molecule is Fc1ccc(Cn2nnnc2CN2CCN(c3nc4ccccc4s3)CC2)cc1. The molecule has 1 aliphatic heterocycles. The molecule has 1 fully saturated rings. The predicted octanol–water partition coefficient (Wildman–Crippen LogP) is 2.79. The minimum atomic E-state index is -0.239. The van der Waals surface area contributed by atoms with Gasteiger partial charge in [-0.25, -0.2) is 14.1 Å². The molecule has 0 unspecified atom stereocenters. The Morgan fingerprint density at radius 2 is 1.72 bits per heavy atom. The molecule has 9 heteroatoms. The van der Waals surface area contributed by atoms with Crippen LogP contribution in [0.15, 0.2) is 48.5 Å². The van der Waals surface area contributed by atoms with E-state index in [1.54, 1.807) is 28.2 Å². The lowest BCUT2D eigenvalue weighted by Crippen LogP contribution is -2.46. The maximum Gasteiger partial charge on any atom is 0.186 e. The third-order valence-corrected chi connectivity index (χ3v) is 6.24. The van der Waals surface area contributed by atoms with Gasteiger partial charge in [-0.15, -0.1) is 5.10 Å². The van der Waals surface area contributed by atoms with Crippen molar-refractivity contribution in [1.29, 1.82) is 0 Å². The van der Waals surface area contributed by atoms with Gasteiger partial charge in [0.1, 0.15) is 5.82 Å². The van der Waals surface area contributed by atoms with Crippen LogP contribution in [0.1, 0.15) is 11.4 Å². The summed E-state index contributed by atoms with van der Waals surface area (Å²) in [5.74, 6) is 0.583. The topological polar surface area (TPSA) is 63.0 Å². The van der Waals surface area contributed by atoms with Gasteiger partial charge in [0.2, 0.25) is 0 Å². The van der Waals surface area contributed by atoms with E-state index in [0.29, 0.717) is 13.1 Å². The fourth-order valence-electron chi connectivity index (χ4n) is 3.51. The van der Waals surface area contributed by atoms with Crippen LogP contribution in [0.4, 0.5) is 9.52 Å². The summed E-state index contributed by atoms with van der Waals surface area (Å²) in [5, 5.41) is 13.2. The Bertz CT molecular complexity index is 1070. The summed E-state index contributed by atoms with van der Waals surface area (Å²) in [6, 6.07) is 14.7. The lowest BCUT2D eigenvalue weighted by Gasteiger charge is -2.34. The Kier molecular flexibility index (Phi) is 4.91. The first-order valence-corrected chi connectivity index (χ1v) is 10.4. The van der Waals surface area contributed by atoms with E-state index in [1.165, 1.54) is 16.8 Å². The summed E-state index contributed by atoms with van der Waals surface area (Å²) in [5.41, 5.74) is 2.04. The molecule has 0 saturated carbocycles. The number of thiazole rings is 1. The number of benzene rings is 2. The first-order chi connectivity index (χ1) is 14.2. The van der Waals surface area contributed by atoms with E-state index in [2.05, 4.69) is 43.5 Å². The van der Waals surface area contributed by atoms with Gasteiger partial charge in [-0.3, -0.25) is 4.90 Å². The fraction of sp³-hybridized carbons (Fsp3) is 0.300. The van der Waals surface area contributed by atoms with Crippen LogP contribution in [0.5, 0.6) is 0 Å². The average Bonchev–Trinajstić information content (AvgIpc) is 3.37. The van der Waals surface area contributed by atoms with Crippen molar-refractivity contribution >= 4 is 26.7 Å². The van der Waals surface area contributed by atoms with Gasteiger partial charge >= 0.3 is 0 Å². The molecule has 0 atom stereocenters. The first kappa shape index (κ1) is 18.1. The van der Waals surface area contributed by atoms with E-state index in [9.17, 15) is 4.39 Å². The molecular weight excluding hydrogens is 389 g/mol. The van der Waals surface area contributed by atoms with Crippen LogP contribution in [-0.2, 0) is 13.1 Å². The number of nitrogens with zero attached hydrogens (tertiary/aromatic N) is 7. The molecule has 148 valence electrons. The average molecular weight is 409 g/mol. The zero-order valence-electron chi connectivity index (χ0n) is 15.8. The molecule has 2 aromatic heterocycles. The van der Waals surface area contributed by atoms with E-state index in [0.717, 1.165) is 48.2 Å². The monoisotopic (exact) mass is 409 g/mol. The Morgan fingerprint density at radius 1 is 0.931 bits per heavy atom. The molecule has 0 aliphatic carbocycles. The Labute approximate surface area is 171 Å². The van der Waals surface area contributed by atoms with E-state index in [1.807, 2.05) is 6.07 Å². The van der Waals surface area contributed by atoms with Crippen LogP contribution in [0.2, 0.25) is 0 Å². The molecule has 4 aromatic rings. The zero-order chi connectivity index (χ0) is 19.6. The van der Waals surface area contributed by atoms with Crippen molar-refractivity contribution in [3.05, 3.63) is 65.7 Å². The van der Waals surface area contributed by atoms with Crippen molar-refractivity contribution in [3.8, 4) is 0 Å². The normalized spacial score (nSPS) is 15.3. The molecule has 1 aliphatic rings. The molecule has 5 rings (SSSR count). The Balaban J connectivity index is 1.21. The number of hydrogen-bond acceptors (Lipinski definition) is 7. The second-order valence-electron chi connectivity index (χ2n) is 7.11. The Morgan fingerprint density at radius 3 is 2.52 bits per heavy atom. The van der Waals surface area contributed by atoms with Crippen molar-refractivity contribution < 1.29 is 4.39 Å². The number of hydrogen-bond donors (Lipinski definition) is 0. The van der Waals surface area contributed by atoms with Crippen LogP contribution in [0.3, 0.4) is 0 Å². The van der Waals surface area contributed by atoms with E-state index in [-0.39, 0.29) is 5.82 Å². The van der Waals surface area contributed by atoms with Crippen molar-refractivity contribution in [2.24, 2.45) is 0 Å². The molecule has 3 heterocycles. The number of para-hydroxylation sites is 1. The second kappa shape index (κ2) is 7.84. The van der Waals surface area contributed by atoms with Crippen LogP contribution in [-0.4, -0.2) is 56.3 Å². The Hall–Kier alpha value is -2.91. The highest BCUT2D eigenvalue weighted by atomic mass is 32.1. The highest BCUT2D eigenvalue weighted by Crippen LogP contribution is 2.29. The number of fused-ring (bicyclic) bond motifs is 1. The molecule has 2 aromatic carbocycles. The number of anilines is 1. The summed E-state index contributed by atoms with van der Waals surface area (Å²) in [6.07, 6.45) is 0. The third-order valence-electron chi connectivity index (χ3n) is 5.14.